The maximum Gasteiger partial charge on any atom is 0.338 e. The predicted molar refractivity (Wildman–Crippen MR) is 117 cm³/mol. The number of hydrogen-bond donors (Lipinski definition) is 2. The molecule has 4 heterocycles. The highest BCUT2D eigenvalue weighted by Gasteiger charge is 2.84. The van der Waals surface area contributed by atoms with E-state index in [0.29, 0.717) is 11.1 Å². The molecule has 2 N–H and O–H groups in total. The molecule has 34 heavy (non-hydrogen) atoms. The molecule has 0 aromatic carbocycles. The highest BCUT2D eigenvalue weighted by atomic mass is 16.7. The molecule has 5 bridgehead atoms. The number of allylic oxidation sites excluding steroid dienone is 2. The zero-order chi connectivity index (χ0) is 25.2. The van der Waals surface area contributed by atoms with Gasteiger partial charge in [0.2, 0.25) is 11.9 Å². The van der Waals surface area contributed by atoms with Crippen LogP contribution in [0.4, 0.5) is 0 Å². The lowest BCUT2D eigenvalue weighted by Crippen LogP contribution is -2.72. The predicted octanol–water partition coefficient (Wildman–Crippen LogP) is 1.34. The molecule has 2 aliphatic carbocycles. The maximum absolute atomic E-state index is 13.8. The molecule has 6 aliphatic rings. The first-order valence-corrected chi connectivity index (χ1v) is 11.6. The average molecular weight is 474 g/mol. The number of rotatable bonds is 2. The first-order valence-electron chi connectivity index (χ1n) is 11.6. The van der Waals surface area contributed by atoms with Crippen LogP contribution in [-0.2, 0) is 33.4 Å². The van der Waals surface area contributed by atoms with E-state index in [9.17, 15) is 24.3 Å². The van der Waals surface area contributed by atoms with Gasteiger partial charge in [0.25, 0.3) is 5.91 Å². The van der Waals surface area contributed by atoms with Crippen LogP contribution >= 0.6 is 0 Å². The van der Waals surface area contributed by atoms with E-state index < -0.39 is 69.3 Å². The van der Waals surface area contributed by atoms with Gasteiger partial charge in [-0.3, -0.25) is 9.59 Å². The van der Waals surface area contributed by atoms with Crippen LogP contribution < -0.4 is 5.32 Å². The molecule has 0 spiro atoms. The van der Waals surface area contributed by atoms with Gasteiger partial charge in [-0.05, 0) is 52.0 Å². The van der Waals surface area contributed by atoms with Crippen LogP contribution in [0.25, 0.3) is 0 Å². The van der Waals surface area contributed by atoms with Crippen LogP contribution in [0.2, 0.25) is 0 Å². The Labute approximate surface area is 197 Å². The highest BCUT2D eigenvalue weighted by Crippen LogP contribution is 2.70. The monoisotopic (exact) mass is 473 g/mol. The maximum atomic E-state index is 13.8. The van der Waals surface area contributed by atoms with Crippen molar-refractivity contribution in [3.63, 3.8) is 0 Å². The Hall–Kier alpha value is -2.52. The van der Waals surface area contributed by atoms with Gasteiger partial charge >= 0.3 is 11.9 Å². The smallest absolute Gasteiger partial charge is 0.338 e. The Bertz CT molecular complexity index is 1130. The summed E-state index contributed by atoms with van der Waals surface area (Å²) in [7, 11) is 1.27. The lowest BCUT2D eigenvalue weighted by molar-refractivity contribution is -0.240. The van der Waals surface area contributed by atoms with Gasteiger partial charge in [-0.1, -0.05) is 25.5 Å². The van der Waals surface area contributed by atoms with Gasteiger partial charge in [-0.2, -0.15) is 0 Å². The van der Waals surface area contributed by atoms with Crippen molar-refractivity contribution in [3.8, 4) is 0 Å². The van der Waals surface area contributed by atoms with Gasteiger partial charge in [-0.15, -0.1) is 0 Å². The number of ketones is 1. The highest BCUT2D eigenvalue weighted by molar-refractivity contribution is 6.15. The van der Waals surface area contributed by atoms with Crippen LogP contribution in [-0.4, -0.2) is 58.9 Å². The van der Waals surface area contributed by atoms with Crippen molar-refractivity contribution in [1.82, 2.24) is 5.32 Å². The van der Waals surface area contributed by atoms with Crippen molar-refractivity contribution >= 4 is 23.6 Å². The second kappa shape index (κ2) is 6.37. The molecule has 5 fully saturated rings. The van der Waals surface area contributed by atoms with Crippen LogP contribution in [0.3, 0.4) is 0 Å². The Kier molecular flexibility index (Phi) is 4.35. The summed E-state index contributed by atoms with van der Waals surface area (Å²) in [5, 5.41) is 13.9. The quantitative estimate of drug-likeness (QED) is 0.454. The fourth-order valence-corrected chi connectivity index (χ4v) is 7.56. The summed E-state index contributed by atoms with van der Waals surface area (Å²) in [6, 6.07) is 0. The summed E-state index contributed by atoms with van der Waals surface area (Å²) >= 11 is 0. The molecule has 1 saturated carbocycles. The molecule has 0 aromatic heterocycles. The fourth-order valence-electron chi connectivity index (χ4n) is 7.56. The van der Waals surface area contributed by atoms with Crippen molar-refractivity contribution in [1.29, 1.82) is 0 Å². The molecule has 6 rings (SSSR count). The second-order valence-corrected chi connectivity index (χ2v) is 11.5. The lowest BCUT2D eigenvalue weighted by atomic mass is 9.43. The van der Waals surface area contributed by atoms with E-state index in [1.54, 1.807) is 33.8 Å². The van der Waals surface area contributed by atoms with Crippen LogP contribution in [0.5, 0.6) is 0 Å². The number of carbonyl (C=O) groups is 4. The van der Waals surface area contributed by atoms with Gasteiger partial charge in [-0.25, -0.2) is 9.59 Å². The summed E-state index contributed by atoms with van der Waals surface area (Å²) in [5.41, 5.74) is -5.60. The first-order chi connectivity index (χ1) is 15.6. The van der Waals surface area contributed by atoms with Crippen molar-refractivity contribution < 1.29 is 38.5 Å². The van der Waals surface area contributed by atoms with Crippen molar-refractivity contribution in [3.05, 3.63) is 22.8 Å². The molecule has 7 atom stereocenters. The van der Waals surface area contributed by atoms with Gasteiger partial charge in [0.05, 0.1) is 24.2 Å². The Morgan fingerprint density at radius 2 is 1.88 bits per heavy atom. The minimum absolute atomic E-state index is 0.233. The summed E-state index contributed by atoms with van der Waals surface area (Å²) in [6.07, 6.45) is 1.24. The van der Waals surface area contributed by atoms with Gasteiger partial charge in [0.15, 0.2) is 11.3 Å². The fraction of sp³-hybridized carbons (Fsp3) is 0.680. The summed E-state index contributed by atoms with van der Waals surface area (Å²) in [4.78, 5) is 53.9. The molecule has 1 amide bonds. The van der Waals surface area contributed by atoms with E-state index in [1.807, 2.05) is 6.92 Å². The number of Topliss-reactive ketones (excluding diaryl/α,β-unsaturated/α-hetero) is 1. The van der Waals surface area contributed by atoms with E-state index in [4.69, 9.17) is 14.2 Å². The average Bonchev–Trinajstić information content (AvgIpc) is 2.87. The topological polar surface area (TPSA) is 128 Å². The third-order valence-electron chi connectivity index (χ3n) is 9.28. The number of ether oxygens (including phenoxy) is 3. The van der Waals surface area contributed by atoms with Crippen molar-refractivity contribution in [2.45, 2.75) is 77.4 Å². The van der Waals surface area contributed by atoms with E-state index in [0.717, 1.165) is 0 Å². The number of methoxy groups -OCH3 is 1. The van der Waals surface area contributed by atoms with Crippen LogP contribution in [0.15, 0.2) is 22.8 Å². The van der Waals surface area contributed by atoms with E-state index in [1.165, 1.54) is 14.0 Å². The first kappa shape index (κ1) is 23.2. The number of hydrogen-bond acceptors (Lipinski definition) is 8. The number of carbonyl (C=O) groups excluding carboxylic acids is 4. The standard InChI is InChI=1S/C25H31NO8/c1-11-13-10-22(4)15-17-33-20(30)25(15,26-19(29)24(6,34-17)18(22)28)23(13,5)9-8-12(21(2,3)31)14(11)16(27)32-7/h8,13,15,17,31H,9-10H2,1-7H3,(H,26,29). The Morgan fingerprint density at radius 1 is 1.24 bits per heavy atom. The Balaban J connectivity index is 1.85. The lowest BCUT2D eigenvalue weighted by Gasteiger charge is -2.60. The number of fused-ring (bicyclic) bond motifs is 2. The van der Waals surface area contributed by atoms with Gasteiger partial charge in [0.1, 0.15) is 0 Å². The van der Waals surface area contributed by atoms with Gasteiger partial charge in [0, 0.05) is 10.8 Å². The molecular weight excluding hydrogens is 442 g/mol. The van der Waals surface area contributed by atoms with E-state index >= 15 is 0 Å². The molecule has 0 aromatic rings. The molecule has 7 unspecified atom stereocenters. The van der Waals surface area contributed by atoms with E-state index in [-0.39, 0.29) is 18.4 Å². The van der Waals surface area contributed by atoms with Crippen molar-refractivity contribution in [2.24, 2.45) is 22.7 Å². The molecule has 184 valence electrons. The number of aliphatic hydroxyl groups is 1. The summed E-state index contributed by atoms with van der Waals surface area (Å²) < 4.78 is 16.7. The third-order valence-corrected chi connectivity index (χ3v) is 9.28. The normalized spacial score (nSPS) is 45.1. The number of amides is 1. The Morgan fingerprint density at radius 3 is 2.47 bits per heavy atom. The van der Waals surface area contributed by atoms with Crippen molar-refractivity contribution in [2.75, 3.05) is 7.11 Å². The summed E-state index contributed by atoms with van der Waals surface area (Å²) in [5.74, 6) is -3.50. The zero-order valence-corrected chi connectivity index (χ0v) is 20.5. The minimum Gasteiger partial charge on any atom is -0.465 e. The SMILES string of the molecule is COC(=O)C1=C(C)C2CC3(C)C(=O)C4(C)OC5OC(=O)C(NC4=O)(C53)C2(C)CC=C1C(C)(C)O. The van der Waals surface area contributed by atoms with Gasteiger partial charge < -0.3 is 24.6 Å². The number of esters is 2. The molecule has 9 heteroatoms. The van der Waals surface area contributed by atoms with Crippen LogP contribution in [0, 0.1) is 22.7 Å². The molecule has 9 nitrogen and oxygen atoms in total. The zero-order valence-electron chi connectivity index (χ0n) is 20.5. The molecular formula is C25H31NO8. The molecule has 0 radical (unpaired) electrons. The third kappa shape index (κ3) is 2.32. The minimum atomic E-state index is -1.78. The number of nitrogens with one attached hydrogen (secondary N) is 1. The second-order valence-electron chi connectivity index (χ2n) is 11.5. The largest absolute Gasteiger partial charge is 0.465 e. The molecule has 4 aliphatic heterocycles. The molecule has 4 saturated heterocycles. The van der Waals surface area contributed by atoms with Crippen LogP contribution in [0.1, 0.15) is 54.4 Å². The van der Waals surface area contributed by atoms with E-state index in [2.05, 4.69) is 5.32 Å². The summed E-state index contributed by atoms with van der Waals surface area (Å²) in [6.45, 7) is 10.0.